The van der Waals surface area contributed by atoms with Gasteiger partial charge in [0.25, 0.3) is 0 Å². The molecule has 5 nitrogen and oxygen atoms in total. The van der Waals surface area contributed by atoms with E-state index >= 15 is 0 Å². The maximum absolute atomic E-state index is 11.8. The lowest BCUT2D eigenvalue weighted by Crippen LogP contribution is -2.32. The summed E-state index contributed by atoms with van der Waals surface area (Å²) in [7, 11) is 0. The zero-order chi connectivity index (χ0) is 11.5. The number of rotatable bonds is 0. The first kappa shape index (κ1) is 12.2. The maximum Gasteiger partial charge on any atom is 0.234 e. The van der Waals surface area contributed by atoms with Crippen molar-refractivity contribution in [2.45, 2.75) is 25.6 Å². The average molecular weight is 299 g/mol. The van der Waals surface area contributed by atoms with Crippen LogP contribution in [-0.2, 0) is 10.2 Å². The van der Waals surface area contributed by atoms with E-state index in [0.29, 0.717) is 0 Å². The molecule has 17 heavy (non-hydrogen) atoms. The quantitative estimate of drug-likeness (QED) is 0.586. The number of nitrogens with two attached hydrogens (primary N) is 1. The van der Waals surface area contributed by atoms with Crippen LogP contribution in [0.1, 0.15) is 19.4 Å². The molecule has 1 aromatic rings. The van der Waals surface area contributed by atoms with Crippen molar-refractivity contribution in [3.05, 3.63) is 17.7 Å². The smallest absolute Gasteiger partial charge is 0.234 e. The minimum absolute atomic E-state index is 0. The zero-order valence-corrected chi connectivity index (χ0v) is 11.3. The van der Waals surface area contributed by atoms with Crippen molar-refractivity contribution in [3.8, 4) is 0 Å². The Morgan fingerprint density at radius 3 is 2.41 bits per heavy atom. The molecule has 1 atom stereocenters. The average Bonchev–Trinajstić information content (AvgIpc) is 2.63. The zero-order valence-electron chi connectivity index (χ0n) is 9.63. The maximum atomic E-state index is 11.8. The van der Waals surface area contributed by atoms with Gasteiger partial charge in [0.2, 0.25) is 5.91 Å². The normalized spacial score (nSPS) is 22.8. The van der Waals surface area contributed by atoms with Gasteiger partial charge in [0.15, 0.2) is 6.29 Å². The van der Waals surface area contributed by atoms with Gasteiger partial charge in [-0.05, 0) is 31.5 Å². The van der Waals surface area contributed by atoms with Crippen LogP contribution in [0.4, 0.5) is 17.1 Å². The molecule has 2 aliphatic heterocycles. The number of fused-ring (bicyclic) bond motifs is 2. The predicted octanol–water partition coefficient (Wildman–Crippen LogP) is 1.57. The number of hydrogen-bond donors (Lipinski definition) is 4. The fourth-order valence-electron chi connectivity index (χ4n) is 2.23. The number of anilines is 3. The highest BCUT2D eigenvalue weighted by Crippen LogP contribution is 2.43. The fraction of sp³-hybridized carbons (Fsp3) is 0.364. The molecule has 1 unspecified atom stereocenters. The second-order valence-corrected chi connectivity index (χ2v) is 4.79. The molecule has 0 radical (unpaired) electrons. The topological polar surface area (TPSA) is 79.2 Å². The highest BCUT2D eigenvalue weighted by atomic mass is 79.9. The summed E-state index contributed by atoms with van der Waals surface area (Å²) in [4.78, 5) is 11.8. The Morgan fingerprint density at radius 2 is 1.76 bits per heavy atom. The van der Waals surface area contributed by atoms with E-state index in [0.717, 1.165) is 22.6 Å². The van der Waals surface area contributed by atoms with Gasteiger partial charge in [0, 0.05) is 5.69 Å². The predicted molar refractivity (Wildman–Crippen MR) is 73.6 cm³/mol. The van der Waals surface area contributed by atoms with Crippen LogP contribution in [0.15, 0.2) is 12.1 Å². The van der Waals surface area contributed by atoms with Gasteiger partial charge in [-0.2, -0.15) is 0 Å². The van der Waals surface area contributed by atoms with E-state index in [9.17, 15) is 4.79 Å². The molecule has 1 aromatic carbocycles. The SMILES string of the molecule is Br.CC1(C)C(=O)Nc2cc3c(cc21)NC(N)N3. The lowest BCUT2D eigenvalue weighted by molar-refractivity contribution is -0.119. The number of benzene rings is 1. The van der Waals surface area contributed by atoms with E-state index in [1.807, 2.05) is 26.0 Å². The Labute approximate surface area is 110 Å². The molecule has 0 aromatic heterocycles. The summed E-state index contributed by atoms with van der Waals surface area (Å²) < 4.78 is 0. The monoisotopic (exact) mass is 298 g/mol. The van der Waals surface area contributed by atoms with Gasteiger partial charge in [-0.15, -0.1) is 17.0 Å². The van der Waals surface area contributed by atoms with Gasteiger partial charge < -0.3 is 16.0 Å². The minimum Gasteiger partial charge on any atom is -0.352 e. The number of hydrogen-bond acceptors (Lipinski definition) is 4. The summed E-state index contributed by atoms with van der Waals surface area (Å²) in [6, 6.07) is 3.92. The lowest BCUT2D eigenvalue weighted by atomic mass is 9.86. The Bertz CT molecular complexity index is 500. The van der Waals surface area contributed by atoms with Crippen LogP contribution < -0.4 is 21.7 Å². The number of amides is 1. The van der Waals surface area contributed by atoms with E-state index < -0.39 is 5.41 Å². The summed E-state index contributed by atoms with van der Waals surface area (Å²) in [5.41, 5.74) is 9.03. The molecule has 0 fully saturated rings. The Balaban J connectivity index is 0.00000108. The van der Waals surface area contributed by atoms with E-state index in [1.165, 1.54) is 0 Å². The standard InChI is InChI=1S/C11H14N4O.BrH/c1-11(2)5-3-7-8(15-10(12)14-7)4-6(5)13-9(11)16;/h3-4,10,14-15H,12H2,1-2H3,(H,13,16);1H. The minimum atomic E-state index is -0.473. The molecular weight excluding hydrogens is 284 g/mol. The van der Waals surface area contributed by atoms with E-state index in [4.69, 9.17) is 5.73 Å². The molecule has 3 rings (SSSR count). The molecule has 2 heterocycles. The van der Waals surface area contributed by atoms with Gasteiger partial charge in [-0.3, -0.25) is 10.5 Å². The van der Waals surface area contributed by atoms with Crippen molar-refractivity contribution in [2.24, 2.45) is 5.73 Å². The first-order valence-electron chi connectivity index (χ1n) is 5.27. The number of carbonyl (C=O) groups excluding carboxylic acids is 1. The van der Waals surface area contributed by atoms with Crippen LogP contribution in [0, 0.1) is 0 Å². The molecule has 6 heteroatoms. The van der Waals surface area contributed by atoms with Gasteiger partial charge in [-0.1, -0.05) is 0 Å². The van der Waals surface area contributed by atoms with Crippen molar-refractivity contribution in [3.63, 3.8) is 0 Å². The summed E-state index contributed by atoms with van der Waals surface area (Å²) in [5, 5.41) is 9.08. The van der Waals surface area contributed by atoms with E-state index in [2.05, 4.69) is 16.0 Å². The van der Waals surface area contributed by atoms with Gasteiger partial charge in [-0.25, -0.2) is 0 Å². The third-order valence-electron chi connectivity index (χ3n) is 3.27. The third-order valence-corrected chi connectivity index (χ3v) is 3.27. The molecule has 0 spiro atoms. The van der Waals surface area contributed by atoms with Gasteiger partial charge >= 0.3 is 0 Å². The second-order valence-electron chi connectivity index (χ2n) is 4.79. The summed E-state index contributed by atoms with van der Waals surface area (Å²) in [5.74, 6) is 0.0375. The first-order valence-corrected chi connectivity index (χ1v) is 5.27. The van der Waals surface area contributed by atoms with Crippen LogP contribution in [0.2, 0.25) is 0 Å². The van der Waals surface area contributed by atoms with Crippen molar-refractivity contribution >= 4 is 40.0 Å². The fourth-order valence-corrected chi connectivity index (χ4v) is 2.23. The molecule has 0 saturated heterocycles. The largest absolute Gasteiger partial charge is 0.352 e. The van der Waals surface area contributed by atoms with Gasteiger partial charge in [0.05, 0.1) is 16.8 Å². The first-order chi connectivity index (χ1) is 7.48. The Kier molecular flexibility index (Phi) is 2.59. The molecule has 5 N–H and O–H groups in total. The Morgan fingerprint density at radius 1 is 1.18 bits per heavy atom. The third kappa shape index (κ3) is 1.59. The van der Waals surface area contributed by atoms with E-state index in [-0.39, 0.29) is 29.2 Å². The van der Waals surface area contributed by atoms with Crippen molar-refractivity contribution in [2.75, 3.05) is 16.0 Å². The molecule has 2 aliphatic rings. The summed E-state index contributed by atoms with van der Waals surface area (Å²) in [6.07, 6.45) is -0.253. The van der Waals surface area contributed by atoms with Crippen LogP contribution in [0.3, 0.4) is 0 Å². The number of carbonyl (C=O) groups is 1. The summed E-state index contributed by atoms with van der Waals surface area (Å²) in [6.45, 7) is 3.84. The van der Waals surface area contributed by atoms with Crippen LogP contribution in [0.5, 0.6) is 0 Å². The number of nitrogens with one attached hydrogen (secondary N) is 3. The second kappa shape index (κ2) is 3.61. The molecule has 0 saturated carbocycles. The van der Waals surface area contributed by atoms with Crippen molar-refractivity contribution in [1.82, 2.24) is 0 Å². The van der Waals surface area contributed by atoms with Crippen LogP contribution >= 0.6 is 17.0 Å². The molecule has 0 aliphatic carbocycles. The molecule has 92 valence electrons. The highest BCUT2D eigenvalue weighted by molar-refractivity contribution is 8.93. The van der Waals surface area contributed by atoms with Crippen LogP contribution in [0.25, 0.3) is 0 Å². The van der Waals surface area contributed by atoms with E-state index in [1.54, 1.807) is 0 Å². The van der Waals surface area contributed by atoms with Crippen molar-refractivity contribution in [1.29, 1.82) is 0 Å². The number of halogens is 1. The summed E-state index contributed by atoms with van der Waals surface area (Å²) >= 11 is 0. The van der Waals surface area contributed by atoms with Gasteiger partial charge in [0.1, 0.15) is 0 Å². The van der Waals surface area contributed by atoms with Crippen LogP contribution in [-0.4, -0.2) is 12.2 Å². The molecular formula is C11H15BrN4O. The van der Waals surface area contributed by atoms with Crippen molar-refractivity contribution < 1.29 is 4.79 Å². The Hall–Kier alpha value is -1.27. The molecule has 0 bridgehead atoms. The lowest BCUT2D eigenvalue weighted by Gasteiger charge is -2.15. The highest BCUT2D eigenvalue weighted by Gasteiger charge is 2.39. The molecule has 1 amide bonds.